The molecule has 0 aliphatic heterocycles. The molecule has 98 valence electrons. The highest BCUT2D eigenvalue weighted by Gasteiger charge is 2.18. The van der Waals surface area contributed by atoms with Gasteiger partial charge in [-0.1, -0.05) is 6.92 Å². The van der Waals surface area contributed by atoms with E-state index < -0.39 is 0 Å². The molecule has 0 aliphatic carbocycles. The highest BCUT2D eigenvalue weighted by molar-refractivity contribution is 9.10. The number of hydrogen-bond acceptors (Lipinski definition) is 2. The van der Waals surface area contributed by atoms with Crippen molar-refractivity contribution in [3.63, 3.8) is 0 Å². The summed E-state index contributed by atoms with van der Waals surface area (Å²) in [6, 6.07) is 0.367. The van der Waals surface area contributed by atoms with E-state index in [0.29, 0.717) is 6.04 Å². The zero-order chi connectivity index (χ0) is 13.2. The lowest BCUT2D eigenvalue weighted by atomic mass is 10.0. The maximum absolute atomic E-state index is 4.57. The second-order valence-electron chi connectivity index (χ2n) is 5.40. The maximum atomic E-state index is 4.57. The van der Waals surface area contributed by atoms with Gasteiger partial charge >= 0.3 is 0 Å². The number of halogens is 1. The molecule has 0 bridgehead atoms. The fraction of sp³-hybridized carbons (Fsp3) is 0.769. The zero-order valence-corrected chi connectivity index (χ0v) is 13.3. The molecule has 4 heteroatoms. The van der Waals surface area contributed by atoms with Crippen LogP contribution < -0.4 is 5.32 Å². The molecule has 1 unspecified atom stereocenters. The molecule has 0 amide bonds. The Morgan fingerprint density at radius 3 is 2.41 bits per heavy atom. The van der Waals surface area contributed by atoms with Crippen molar-refractivity contribution in [1.29, 1.82) is 0 Å². The monoisotopic (exact) mass is 301 g/mol. The summed E-state index contributed by atoms with van der Waals surface area (Å²) in [5.41, 5.74) is 2.46. The molecule has 3 nitrogen and oxygen atoms in total. The van der Waals surface area contributed by atoms with E-state index in [9.17, 15) is 0 Å². The summed E-state index contributed by atoms with van der Waals surface area (Å²) >= 11 is 3.57. The van der Waals surface area contributed by atoms with Gasteiger partial charge in [0.25, 0.3) is 0 Å². The Hall–Kier alpha value is -0.350. The van der Waals surface area contributed by atoms with Crippen LogP contribution in [0.2, 0.25) is 0 Å². The topological polar surface area (TPSA) is 29.9 Å². The lowest BCUT2D eigenvalue weighted by Gasteiger charge is -2.27. The van der Waals surface area contributed by atoms with Gasteiger partial charge in [0.2, 0.25) is 0 Å². The highest BCUT2D eigenvalue weighted by atomic mass is 79.9. The van der Waals surface area contributed by atoms with E-state index in [1.165, 1.54) is 5.69 Å². The molecule has 1 aromatic heterocycles. The Bertz CT molecular complexity index is 382. The van der Waals surface area contributed by atoms with Gasteiger partial charge in [-0.3, -0.25) is 4.68 Å². The van der Waals surface area contributed by atoms with Crippen molar-refractivity contribution in [1.82, 2.24) is 15.1 Å². The van der Waals surface area contributed by atoms with Gasteiger partial charge in [0.15, 0.2) is 0 Å². The average Bonchev–Trinajstić information content (AvgIpc) is 2.54. The Labute approximate surface area is 113 Å². The summed E-state index contributed by atoms with van der Waals surface area (Å²) < 4.78 is 3.22. The van der Waals surface area contributed by atoms with Crippen LogP contribution in [-0.2, 0) is 0 Å². The van der Waals surface area contributed by atoms with Gasteiger partial charge < -0.3 is 5.32 Å². The minimum atomic E-state index is 0.196. The van der Waals surface area contributed by atoms with Crippen LogP contribution in [0.1, 0.15) is 51.5 Å². The molecule has 1 atom stereocenters. The second kappa shape index (κ2) is 5.53. The summed E-state index contributed by atoms with van der Waals surface area (Å²) in [5.74, 6) is 0. The van der Waals surface area contributed by atoms with Gasteiger partial charge in [-0.25, -0.2) is 0 Å². The van der Waals surface area contributed by atoms with Crippen LogP contribution in [0, 0.1) is 13.8 Å². The average molecular weight is 302 g/mol. The number of aryl methyl sites for hydroxylation is 1. The van der Waals surface area contributed by atoms with E-state index in [1.807, 2.05) is 6.92 Å². The van der Waals surface area contributed by atoms with Crippen molar-refractivity contribution < 1.29 is 0 Å². The first kappa shape index (κ1) is 14.7. The molecule has 1 rings (SSSR count). The van der Waals surface area contributed by atoms with Crippen LogP contribution in [0.4, 0.5) is 0 Å². The molecular weight excluding hydrogens is 278 g/mol. The number of nitrogens with one attached hydrogen (secondary N) is 1. The fourth-order valence-electron chi connectivity index (χ4n) is 1.71. The lowest BCUT2D eigenvalue weighted by molar-refractivity contribution is 0.333. The van der Waals surface area contributed by atoms with Crippen molar-refractivity contribution in [2.45, 2.75) is 59.5 Å². The van der Waals surface area contributed by atoms with E-state index in [-0.39, 0.29) is 5.54 Å². The van der Waals surface area contributed by atoms with Crippen LogP contribution in [0.25, 0.3) is 0 Å². The summed E-state index contributed by atoms with van der Waals surface area (Å²) in [7, 11) is 0. The van der Waals surface area contributed by atoms with Crippen LogP contribution in [-0.4, -0.2) is 21.9 Å². The Morgan fingerprint density at radius 2 is 2.00 bits per heavy atom. The Morgan fingerprint density at radius 1 is 1.41 bits per heavy atom. The fourth-order valence-corrected chi connectivity index (χ4v) is 1.97. The number of nitrogens with zero attached hydrogens (tertiary/aromatic N) is 2. The number of rotatable bonds is 5. The molecule has 1 N–H and O–H groups in total. The molecule has 0 saturated heterocycles. The van der Waals surface area contributed by atoms with Gasteiger partial charge in [0.05, 0.1) is 21.9 Å². The van der Waals surface area contributed by atoms with Crippen LogP contribution >= 0.6 is 15.9 Å². The molecule has 17 heavy (non-hydrogen) atoms. The Kier molecular flexibility index (Phi) is 4.78. The highest BCUT2D eigenvalue weighted by Crippen LogP contribution is 2.22. The molecule has 1 heterocycles. The largest absolute Gasteiger partial charge is 0.310 e. The van der Waals surface area contributed by atoms with Crippen molar-refractivity contribution in [3.05, 3.63) is 15.9 Å². The molecule has 0 aliphatic rings. The maximum Gasteiger partial charge on any atom is 0.0738 e. The molecular formula is C13H24BrN3. The second-order valence-corrected chi connectivity index (χ2v) is 6.19. The smallest absolute Gasteiger partial charge is 0.0738 e. The SMILES string of the molecule is CCC(C)(C)NCC(C)n1nc(C)c(Br)c1C. The summed E-state index contributed by atoms with van der Waals surface area (Å²) in [6.45, 7) is 13.9. The zero-order valence-electron chi connectivity index (χ0n) is 11.8. The molecule has 0 radical (unpaired) electrons. The van der Waals surface area contributed by atoms with Gasteiger partial charge in [0, 0.05) is 12.1 Å². The third-order valence-corrected chi connectivity index (χ3v) is 4.56. The van der Waals surface area contributed by atoms with Crippen molar-refractivity contribution >= 4 is 15.9 Å². The van der Waals surface area contributed by atoms with Gasteiger partial charge in [-0.15, -0.1) is 0 Å². The molecule has 1 aromatic rings. The molecule has 0 fully saturated rings. The van der Waals surface area contributed by atoms with Crippen LogP contribution in [0.3, 0.4) is 0 Å². The van der Waals surface area contributed by atoms with Crippen molar-refractivity contribution in [2.24, 2.45) is 0 Å². The minimum absolute atomic E-state index is 0.196. The van der Waals surface area contributed by atoms with E-state index >= 15 is 0 Å². The molecule has 0 aromatic carbocycles. The quantitative estimate of drug-likeness (QED) is 0.900. The third kappa shape index (κ3) is 3.55. The van der Waals surface area contributed by atoms with E-state index in [0.717, 1.165) is 23.1 Å². The normalized spacial score (nSPS) is 14.1. The first-order chi connectivity index (χ1) is 7.78. The van der Waals surface area contributed by atoms with Gasteiger partial charge in [-0.05, 0) is 57.0 Å². The van der Waals surface area contributed by atoms with Crippen LogP contribution in [0.5, 0.6) is 0 Å². The molecule has 0 spiro atoms. The summed E-state index contributed by atoms with van der Waals surface area (Å²) in [6.07, 6.45) is 1.13. The standard InChI is InChI=1S/C13H24BrN3/c1-7-13(5,6)15-8-9(2)17-11(4)12(14)10(3)16-17/h9,15H,7-8H2,1-6H3. The van der Waals surface area contributed by atoms with Gasteiger partial charge in [0.1, 0.15) is 0 Å². The number of hydrogen-bond donors (Lipinski definition) is 1. The predicted octanol–water partition coefficient (Wildman–Crippen LogP) is 3.60. The first-order valence-electron chi connectivity index (χ1n) is 6.24. The minimum Gasteiger partial charge on any atom is -0.310 e. The lowest BCUT2D eigenvalue weighted by Crippen LogP contribution is -2.41. The summed E-state index contributed by atoms with van der Waals surface area (Å²) in [4.78, 5) is 0. The summed E-state index contributed by atoms with van der Waals surface area (Å²) in [5, 5.41) is 8.15. The van der Waals surface area contributed by atoms with Gasteiger partial charge in [-0.2, -0.15) is 5.10 Å². The molecule has 0 saturated carbocycles. The predicted molar refractivity (Wildman–Crippen MR) is 76.5 cm³/mol. The Balaban J connectivity index is 2.70. The first-order valence-corrected chi connectivity index (χ1v) is 7.04. The van der Waals surface area contributed by atoms with E-state index in [4.69, 9.17) is 0 Å². The van der Waals surface area contributed by atoms with Crippen molar-refractivity contribution in [3.8, 4) is 0 Å². The number of aromatic nitrogens is 2. The van der Waals surface area contributed by atoms with E-state index in [1.54, 1.807) is 0 Å². The van der Waals surface area contributed by atoms with Crippen LogP contribution in [0.15, 0.2) is 4.47 Å². The van der Waals surface area contributed by atoms with Crippen molar-refractivity contribution in [2.75, 3.05) is 6.54 Å². The van der Waals surface area contributed by atoms with E-state index in [2.05, 4.69) is 65.6 Å². The third-order valence-electron chi connectivity index (χ3n) is 3.41.